The SMILES string of the molecule is C[C@@H](NC(=O)c1cccs1)c1ccc2c(c1)CCCC2. The largest absolute Gasteiger partial charge is 0.345 e. The molecular weight excluding hydrogens is 266 g/mol. The lowest BCUT2D eigenvalue weighted by atomic mass is 9.89. The van der Waals surface area contributed by atoms with Crippen molar-refractivity contribution >= 4 is 17.2 Å². The maximum atomic E-state index is 12.1. The molecule has 0 bridgehead atoms. The summed E-state index contributed by atoms with van der Waals surface area (Å²) in [6.07, 6.45) is 4.96. The Labute approximate surface area is 123 Å². The van der Waals surface area contributed by atoms with Crippen molar-refractivity contribution in [2.24, 2.45) is 0 Å². The number of amides is 1. The standard InChI is InChI=1S/C17H19NOS/c1-12(18-17(19)16-7-4-10-20-16)14-9-8-13-5-2-3-6-15(13)11-14/h4,7-12H,2-3,5-6H2,1H3,(H,18,19)/t12-/m1/s1. The summed E-state index contributed by atoms with van der Waals surface area (Å²) < 4.78 is 0. The highest BCUT2D eigenvalue weighted by Gasteiger charge is 2.15. The Morgan fingerprint density at radius 2 is 2.00 bits per heavy atom. The van der Waals surface area contributed by atoms with Crippen LogP contribution in [0.4, 0.5) is 0 Å². The second-order valence-corrected chi connectivity index (χ2v) is 6.36. The van der Waals surface area contributed by atoms with Gasteiger partial charge in [-0.05, 0) is 60.7 Å². The van der Waals surface area contributed by atoms with Crippen molar-refractivity contribution in [3.8, 4) is 0 Å². The van der Waals surface area contributed by atoms with Gasteiger partial charge in [0.1, 0.15) is 0 Å². The summed E-state index contributed by atoms with van der Waals surface area (Å²) in [5.41, 5.74) is 4.15. The van der Waals surface area contributed by atoms with E-state index in [-0.39, 0.29) is 11.9 Å². The maximum Gasteiger partial charge on any atom is 0.261 e. The van der Waals surface area contributed by atoms with E-state index in [1.54, 1.807) is 0 Å². The molecule has 2 nitrogen and oxygen atoms in total. The molecule has 1 aromatic heterocycles. The molecule has 1 heterocycles. The summed E-state index contributed by atoms with van der Waals surface area (Å²) in [5, 5.41) is 5.01. The molecule has 0 saturated heterocycles. The molecule has 0 spiro atoms. The molecule has 104 valence electrons. The summed E-state index contributed by atoms with van der Waals surface area (Å²) in [4.78, 5) is 12.9. The minimum Gasteiger partial charge on any atom is -0.345 e. The molecule has 3 rings (SSSR count). The van der Waals surface area contributed by atoms with Crippen molar-refractivity contribution in [1.82, 2.24) is 5.32 Å². The minimum absolute atomic E-state index is 0.0187. The van der Waals surface area contributed by atoms with E-state index in [9.17, 15) is 4.79 Å². The average molecular weight is 285 g/mol. The summed E-state index contributed by atoms with van der Waals surface area (Å²) in [6, 6.07) is 10.5. The highest BCUT2D eigenvalue weighted by Crippen LogP contribution is 2.25. The van der Waals surface area contributed by atoms with Crippen LogP contribution in [0, 0.1) is 0 Å². The molecule has 1 aliphatic rings. The highest BCUT2D eigenvalue weighted by molar-refractivity contribution is 7.12. The zero-order valence-electron chi connectivity index (χ0n) is 11.7. The summed E-state index contributed by atoms with van der Waals surface area (Å²) in [5.74, 6) is 0.0187. The zero-order valence-corrected chi connectivity index (χ0v) is 12.5. The molecule has 1 amide bonds. The van der Waals surface area contributed by atoms with Gasteiger partial charge in [-0.25, -0.2) is 0 Å². The second-order valence-electron chi connectivity index (χ2n) is 5.41. The zero-order chi connectivity index (χ0) is 13.9. The van der Waals surface area contributed by atoms with Gasteiger partial charge in [-0.1, -0.05) is 24.3 Å². The van der Waals surface area contributed by atoms with Crippen molar-refractivity contribution < 1.29 is 4.79 Å². The van der Waals surface area contributed by atoms with E-state index < -0.39 is 0 Å². The van der Waals surface area contributed by atoms with Crippen LogP contribution in [0.1, 0.15) is 52.2 Å². The number of benzene rings is 1. The van der Waals surface area contributed by atoms with Crippen LogP contribution in [0.3, 0.4) is 0 Å². The lowest BCUT2D eigenvalue weighted by Crippen LogP contribution is -2.26. The van der Waals surface area contributed by atoms with Gasteiger partial charge < -0.3 is 5.32 Å². The van der Waals surface area contributed by atoms with Gasteiger partial charge in [0.25, 0.3) is 5.91 Å². The monoisotopic (exact) mass is 285 g/mol. The number of rotatable bonds is 3. The van der Waals surface area contributed by atoms with E-state index in [1.807, 2.05) is 17.5 Å². The van der Waals surface area contributed by atoms with Crippen molar-refractivity contribution in [2.45, 2.75) is 38.6 Å². The van der Waals surface area contributed by atoms with Crippen molar-refractivity contribution in [1.29, 1.82) is 0 Å². The second kappa shape index (κ2) is 5.80. The number of hydrogen-bond acceptors (Lipinski definition) is 2. The Morgan fingerprint density at radius 1 is 1.20 bits per heavy atom. The minimum atomic E-state index is 0.0187. The first-order valence-electron chi connectivity index (χ1n) is 7.20. The molecule has 0 aliphatic heterocycles. The molecule has 20 heavy (non-hydrogen) atoms. The topological polar surface area (TPSA) is 29.1 Å². The first-order valence-corrected chi connectivity index (χ1v) is 8.08. The third-order valence-corrected chi connectivity index (χ3v) is 4.83. The average Bonchev–Trinajstić information content (AvgIpc) is 3.01. The molecule has 0 saturated carbocycles. The van der Waals surface area contributed by atoms with Crippen LogP contribution in [0.5, 0.6) is 0 Å². The van der Waals surface area contributed by atoms with Crippen LogP contribution >= 0.6 is 11.3 Å². The molecule has 3 heteroatoms. The van der Waals surface area contributed by atoms with Crippen molar-refractivity contribution in [3.05, 3.63) is 57.3 Å². The van der Waals surface area contributed by atoms with Crippen LogP contribution in [-0.4, -0.2) is 5.91 Å². The third kappa shape index (κ3) is 2.78. The van der Waals surface area contributed by atoms with Crippen LogP contribution in [-0.2, 0) is 12.8 Å². The van der Waals surface area contributed by atoms with Crippen LogP contribution in [0.15, 0.2) is 35.7 Å². The predicted molar refractivity (Wildman–Crippen MR) is 83.3 cm³/mol. The fraction of sp³-hybridized carbons (Fsp3) is 0.353. The summed E-state index contributed by atoms with van der Waals surface area (Å²) >= 11 is 1.48. The lowest BCUT2D eigenvalue weighted by Gasteiger charge is -2.19. The van der Waals surface area contributed by atoms with Gasteiger partial charge in [0.2, 0.25) is 0 Å². The third-order valence-electron chi connectivity index (χ3n) is 3.97. The molecular formula is C17H19NOS. The molecule has 0 radical (unpaired) electrons. The Morgan fingerprint density at radius 3 is 2.75 bits per heavy atom. The fourth-order valence-corrected chi connectivity index (χ4v) is 3.41. The lowest BCUT2D eigenvalue weighted by molar-refractivity contribution is 0.0944. The molecule has 0 fully saturated rings. The molecule has 1 atom stereocenters. The summed E-state index contributed by atoms with van der Waals surface area (Å²) in [6.45, 7) is 2.05. The van der Waals surface area contributed by atoms with Crippen LogP contribution in [0.2, 0.25) is 0 Å². The number of carbonyl (C=O) groups excluding carboxylic acids is 1. The highest BCUT2D eigenvalue weighted by atomic mass is 32.1. The van der Waals surface area contributed by atoms with E-state index in [4.69, 9.17) is 0 Å². The van der Waals surface area contributed by atoms with Crippen molar-refractivity contribution in [2.75, 3.05) is 0 Å². The van der Waals surface area contributed by atoms with Crippen LogP contribution in [0.25, 0.3) is 0 Å². The maximum absolute atomic E-state index is 12.1. The Kier molecular flexibility index (Phi) is 3.88. The Balaban J connectivity index is 1.74. The number of thiophene rings is 1. The Bertz CT molecular complexity index is 603. The number of nitrogens with one attached hydrogen (secondary N) is 1. The van der Waals surface area contributed by atoms with Gasteiger partial charge in [0.15, 0.2) is 0 Å². The molecule has 1 N–H and O–H groups in total. The van der Waals surface area contributed by atoms with E-state index in [1.165, 1.54) is 53.7 Å². The van der Waals surface area contributed by atoms with E-state index in [2.05, 4.69) is 30.4 Å². The Hall–Kier alpha value is -1.61. The number of aryl methyl sites for hydroxylation is 2. The first-order chi connectivity index (χ1) is 9.74. The quantitative estimate of drug-likeness (QED) is 0.903. The van der Waals surface area contributed by atoms with Gasteiger partial charge >= 0.3 is 0 Å². The van der Waals surface area contributed by atoms with Crippen LogP contribution < -0.4 is 5.32 Å². The molecule has 1 aliphatic carbocycles. The van der Waals surface area contributed by atoms with Gasteiger partial charge in [-0.2, -0.15) is 0 Å². The fourth-order valence-electron chi connectivity index (χ4n) is 2.78. The summed E-state index contributed by atoms with van der Waals surface area (Å²) in [7, 11) is 0. The van der Waals surface area contributed by atoms with Gasteiger partial charge in [0, 0.05) is 0 Å². The number of hydrogen-bond donors (Lipinski definition) is 1. The van der Waals surface area contributed by atoms with E-state index >= 15 is 0 Å². The molecule has 2 aromatic rings. The van der Waals surface area contributed by atoms with E-state index in [0.717, 1.165) is 4.88 Å². The smallest absolute Gasteiger partial charge is 0.261 e. The van der Waals surface area contributed by atoms with Gasteiger partial charge in [0.05, 0.1) is 10.9 Å². The van der Waals surface area contributed by atoms with E-state index in [0.29, 0.717) is 0 Å². The van der Waals surface area contributed by atoms with Crippen molar-refractivity contribution in [3.63, 3.8) is 0 Å². The van der Waals surface area contributed by atoms with Gasteiger partial charge in [-0.3, -0.25) is 4.79 Å². The first kappa shape index (κ1) is 13.4. The normalized spacial score (nSPS) is 15.4. The van der Waals surface area contributed by atoms with Gasteiger partial charge in [-0.15, -0.1) is 11.3 Å². The molecule has 0 unspecified atom stereocenters. The number of fused-ring (bicyclic) bond motifs is 1. The predicted octanol–water partition coefficient (Wildman–Crippen LogP) is 4.12. The molecule has 1 aromatic carbocycles. The number of carbonyl (C=O) groups is 1.